The molecule has 1 aliphatic carbocycles. The van der Waals surface area contributed by atoms with Crippen molar-refractivity contribution in [2.75, 3.05) is 31.2 Å². The van der Waals surface area contributed by atoms with Gasteiger partial charge in [-0.25, -0.2) is 9.59 Å². The van der Waals surface area contributed by atoms with Gasteiger partial charge in [0.15, 0.2) is 0 Å². The van der Waals surface area contributed by atoms with Crippen molar-refractivity contribution in [3.63, 3.8) is 0 Å². The number of ether oxygens (including phenoxy) is 1. The van der Waals surface area contributed by atoms with E-state index in [0.717, 1.165) is 5.57 Å². The Hall–Kier alpha value is -4.40. The quantitative estimate of drug-likeness (QED) is 0.353. The molecule has 1 aliphatic heterocycles. The minimum atomic E-state index is -1.15. The number of morpholine rings is 1. The molecule has 1 aromatic carbocycles. The molecule has 8 heteroatoms. The van der Waals surface area contributed by atoms with E-state index in [1.807, 2.05) is 24.3 Å². The number of carboxylic acid groups (broad SMARTS) is 1. The number of fused-ring (bicyclic) bond motifs is 1. The van der Waals surface area contributed by atoms with Crippen LogP contribution < -0.4 is 10.5 Å². The van der Waals surface area contributed by atoms with Gasteiger partial charge in [0.05, 0.1) is 30.0 Å². The molecule has 4 rings (SSSR count). The monoisotopic (exact) mass is 497 g/mol. The minimum absolute atomic E-state index is 0.0914. The predicted molar refractivity (Wildman–Crippen MR) is 141 cm³/mol. The Kier molecular flexibility index (Phi) is 7.15. The highest BCUT2D eigenvalue weighted by molar-refractivity contribution is 6.15. The molecule has 1 aromatic heterocycles. The molecular formula is C29H27N3O5. The van der Waals surface area contributed by atoms with E-state index in [1.54, 1.807) is 18.2 Å². The van der Waals surface area contributed by atoms with E-state index >= 15 is 0 Å². The van der Waals surface area contributed by atoms with Gasteiger partial charge in [-0.3, -0.25) is 0 Å². The SMILES string of the molecule is C=C(C(=O)O)c1ccc2c(N3CCOCC3)c(C=CC3=CC(=C(C#N)C#N)CC(C)(C)C3)c(=O)oc2c1. The number of aliphatic carboxylic acids is 1. The third-order valence-corrected chi connectivity index (χ3v) is 6.57. The molecule has 1 N–H and O–H groups in total. The Morgan fingerprint density at radius 3 is 2.51 bits per heavy atom. The van der Waals surface area contributed by atoms with Crippen molar-refractivity contribution in [1.82, 2.24) is 0 Å². The lowest BCUT2D eigenvalue weighted by atomic mass is 9.74. The zero-order valence-electron chi connectivity index (χ0n) is 20.8. The van der Waals surface area contributed by atoms with Crippen LogP contribution in [-0.4, -0.2) is 37.4 Å². The average Bonchev–Trinajstić information content (AvgIpc) is 2.86. The molecule has 2 heterocycles. The fourth-order valence-corrected chi connectivity index (χ4v) is 4.87. The van der Waals surface area contributed by atoms with Crippen LogP contribution in [0, 0.1) is 28.1 Å². The van der Waals surface area contributed by atoms with Crippen molar-refractivity contribution in [3.8, 4) is 12.1 Å². The fourth-order valence-electron chi connectivity index (χ4n) is 4.87. The Bertz CT molecular complexity index is 1500. The number of carbonyl (C=O) groups is 1. The van der Waals surface area contributed by atoms with E-state index in [9.17, 15) is 25.2 Å². The summed E-state index contributed by atoms with van der Waals surface area (Å²) in [7, 11) is 0. The summed E-state index contributed by atoms with van der Waals surface area (Å²) in [6, 6.07) is 8.89. The first kappa shape index (κ1) is 25.7. The van der Waals surface area contributed by atoms with Crippen LogP contribution in [0.5, 0.6) is 0 Å². The van der Waals surface area contributed by atoms with E-state index in [2.05, 4.69) is 25.3 Å². The minimum Gasteiger partial charge on any atom is -0.478 e. The van der Waals surface area contributed by atoms with Crippen LogP contribution in [0.1, 0.15) is 37.8 Å². The lowest BCUT2D eigenvalue weighted by Gasteiger charge is -2.31. The zero-order valence-corrected chi connectivity index (χ0v) is 20.8. The van der Waals surface area contributed by atoms with Crippen molar-refractivity contribution in [2.24, 2.45) is 5.41 Å². The van der Waals surface area contributed by atoms with Gasteiger partial charge >= 0.3 is 11.6 Å². The number of rotatable bonds is 5. The van der Waals surface area contributed by atoms with E-state index in [-0.39, 0.29) is 22.1 Å². The first-order valence-electron chi connectivity index (χ1n) is 11.9. The molecule has 0 bridgehead atoms. The van der Waals surface area contributed by atoms with E-state index < -0.39 is 11.6 Å². The van der Waals surface area contributed by atoms with Gasteiger partial charge < -0.3 is 19.2 Å². The highest BCUT2D eigenvalue weighted by atomic mass is 16.5. The molecular weight excluding hydrogens is 470 g/mol. The molecule has 37 heavy (non-hydrogen) atoms. The van der Waals surface area contributed by atoms with Crippen molar-refractivity contribution in [3.05, 3.63) is 75.2 Å². The maximum absolute atomic E-state index is 13.2. The van der Waals surface area contributed by atoms with Crippen LogP contribution in [0.2, 0.25) is 0 Å². The molecule has 188 valence electrons. The Labute approximate surface area is 214 Å². The fraction of sp³-hybridized carbons (Fsp3) is 0.310. The second-order valence-electron chi connectivity index (χ2n) is 9.94. The summed E-state index contributed by atoms with van der Waals surface area (Å²) in [6.07, 6.45) is 6.75. The van der Waals surface area contributed by atoms with Gasteiger partial charge in [-0.15, -0.1) is 0 Å². The first-order valence-corrected chi connectivity index (χ1v) is 11.9. The number of hydrogen-bond acceptors (Lipinski definition) is 7. The van der Waals surface area contributed by atoms with Crippen LogP contribution in [0.15, 0.2) is 62.9 Å². The molecule has 0 atom stereocenters. The summed E-state index contributed by atoms with van der Waals surface area (Å²) in [5.41, 5.74) is 2.58. The second kappa shape index (κ2) is 10.3. The number of hydrogen-bond donors (Lipinski definition) is 1. The van der Waals surface area contributed by atoms with Crippen molar-refractivity contribution < 1.29 is 19.1 Å². The third kappa shape index (κ3) is 5.40. The third-order valence-electron chi connectivity index (χ3n) is 6.57. The van der Waals surface area contributed by atoms with Gasteiger partial charge in [0.1, 0.15) is 23.3 Å². The van der Waals surface area contributed by atoms with Gasteiger partial charge in [-0.2, -0.15) is 10.5 Å². The molecule has 0 amide bonds. The zero-order chi connectivity index (χ0) is 26.7. The van der Waals surface area contributed by atoms with Gasteiger partial charge in [-0.05, 0) is 53.2 Å². The highest BCUT2D eigenvalue weighted by Gasteiger charge is 2.27. The van der Waals surface area contributed by atoms with Crippen LogP contribution >= 0.6 is 0 Å². The molecule has 0 radical (unpaired) electrons. The molecule has 1 fully saturated rings. The molecule has 1 saturated heterocycles. The number of nitriles is 2. The number of nitrogens with zero attached hydrogens (tertiary/aromatic N) is 3. The Morgan fingerprint density at radius 2 is 1.86 bits per heavy atom. The van der Waals surface area contributed by atoms with Crippen LogP contribution in [0.3, 0.4) is 0 Å². The van der Waals surface area contributed by atoms with Crippen molar-refractivity contribution >= 4 is 34.3 Å². The van der Waals surface area contributed by atoms with E-state index in [0.29, 0.717) is 66.9 Å². The molecule has 0 saturated carbocycles. The largest absolute Gasteiger partial charge is 0.478 e. The van der Waals surface area contributed by atoms with Crippen molar-refractivity contribution in [1.29, 1.82) is 10.5 Å². The topological polar surface area (TPSA) is 128 Å². The lowest BCUT2D eigenvalue weighted by Crippen LogP contribution is -2.37. The smallest absolute Gasteiger partial charge is 0.345 e. The maximum atomic E-state index is 13.2. The van der Waals surface area contributed by atoms with Gasteiger partial charge in [-0.1, -0.05) is 38.6 Å². The molecule has 2 aromatic rings. The predicted octanol–water partition coefficient (Wildman–Crippen LogP) is 4.83. The lowest BCUT2D eigenvalue weighted by molar-refractivity contribution is -0.130. The summed E-state index contributed by atoms with van der Waals surface area (Å²) in [6.45, 7) is 9.94. The molecule has 8 nitrogen and oxygen atoms in total. The molecule has 0 spiro atoms. The highest BCUT2D eigenvalue weighted by Crippen LogP contribution is 2.40. The summed E-state index contributed by atoms with van der Waals surface area (Å²) < 4.78 is 11.2. The summed E-state index contributed by atoms with van der Waals surface area (Å²) >= 11 is 0. The van der Waals surface area contributed by atoms with E-state index in [1.165, 1.54) is 6.07 Å². The Balaban J connectivity index is 1.86. The van der Waals surface area contributed by atoms with Crippen LogP contribution in [-0.2, 0) is 9.53 Å². The maximum Gasteiger partial charge on any atom is 0.345 e. The van der Waals surface area contributed by atoms with Crippen molar-refractivity contribution in [2.45, 2.75) is 26.7 Å². The average molecular weight is 498 g/mol. The first-order chi connectivity index (χ1) is 17.6. The second-order valence-corrected chi connectivity index (χ2v) is 9.94. The number of carboxylic acids is 1. The van der Waals surface area contributed by atoms with E-state index in [4.69, 9.17) is 9.15 Å². The molecule has 0 unspecified atom stereocenters. The summed E-state index contributed by atoms with van der Waals surface area (Å²) in [4.78, 5) is 26.7. The Morgan fingerprint density at radius 1 is 1.16 bits per heavy atom. The van der Waals surface area contributed by atoms with Gasteiger partial charge in [0.25, 0.3) is 0 Å². The standard InChI is InChI=1S/C29H27N3O5/c1-18(27(33)34)20-5-7-23-25(13-20)37-28(35)24(26(23)32-8-10-36-11-9-32)6-4-19-12-21(22(16-30)17-31)15-29(2,3)14-19/h4-7,12-13H,1,8-11,14-15H2,2-3H3,(H,33,34). The van der Waals surface area contributed by atoms with Gasteiger partial charge in [0, 0.05) is 18.5 Å². The van der Waals surface area contributed by atoms with Crippen LogP contribution in [0.4, 0.5) is 5.69 Å². The van der Waals surface area contributed by atoms with Crippen LogP contribution in [0.25, 0.3) is 22.6 Å². The summed E-state index contributed by atoms with van der Waals surface area (Å²) in [5, 5.41) is 28.7. The number of benzene rings is 1. The molecule has 2 aliphatic rings. The van der Waals surface area contributed by atoms with Gasteiger partial charge in [0.2, 0.25) is 0 Å². The number of anilines is 1. The normalized spacial score (nSPS) is 17.2. The summed E-state index contributed by atoms with van der Waals surface area (Å²) in [5.74, 6) is -1.15. The number of allylic oxidation sites excluding steroid dienone is 5.